The minimum atomic E-state index is -0.0348. The topological polar surface area (TPSA) is 40.9 Å². The van der Waals surface area contributed by atoms with Crippen molar-refractivity contribution in [2.45, 2.75) is 6.42 Å². The van der Waals surface area contributed by atoms with Gasteiger partial charge in [0.1, 0.15) is 0 Å². The molecule has 1 fully saturated rings. The summed E-state index contributed by atoms with van der Waals surface area (Å²) < 4.78 is 0. The highest BCUT2D eigenvalue weighted by Gasteiger charge is 2.43. The predicted molar refractivity (Wildman–Crippen MR) is 48.0 cm³/mol. The summed E-state index contributed by atoms with van der Waals surface area (Å²) in [6.45, 7) is 0. The Kier molecular flexibility index (Phi) is 1.86. The molecule has 0 amide bonds. The van der Waals surface area contributed by atoms with E-state index in [9.17, 15) is 4.79 Å². The van der Waals surface area contributed by atoms with E-state index in [1.807, 2.05) is 18.2 Å². The molecule has 0 heterocycles. The highest BCUT2D eigenvalue weighted by Crippen LogP contribution is 2.40. The molecule has 0 saturated heterocycles. The summed E-state index contributed by atoms with van der Waals surface area (Å²) in [6.07, 6.45) is 0.740. The zero-order valence-corrected chi connectivity index (χ0v) is 7.10. The first-order valence-electron chi connectivity index (χ1n) is 4.32. The van der Waals surface area contributed by atoms with Crippen LogP contribution in [0.1, 0.15) is 16.8 Å². The van der Waals surface area contributed by atoms with Crippen molar-refractivity contribution in [3.63, 3.8) is 0 Å². The molecule has 2 heteroatoms. The monoisotopic (exact) mass is 171 g/mol. The molecule has 1 saturated carbocycles. The van der Waals surface area contributed by atoms with E-state index in [0.29, 0.717) is 0 Å². The van der Waals surface area contributed by atoms with Crippen LogP contribution < -0.4 is 0 Å². The van der Waals surface area contributed by atoms with Crippen LogP contribution in [0.3, 0.4) is 0 Å². The van der Waals surface area contributed by atoms with Gasteiger partial charge in [-0.3, -0.25) is 4.79 Å². The third kappa shape index (κ3) is 1.46. The van der Waals surface area contributed by atoms with Crippen molar-refractivity contribution in [1.82, 2.24) is 0 Å². The normalized spacial score (nSPS) is 24.8. The smallest absolute Gasteiger partial charge is 0.167 e. The third-order valence-corrected chi connectivity index (χ3v) is 2.35. The van der Waals surface area contributed by atoms with Crippen molar-refractivity contribution in [3.8, 4) is 6.07 Å². The molecule has 64 valence electrons. The van der Waals surface area contributed by atoms with Gasteiger partial charge in [0.15, 0.2) is 5.78 Å². The molecule has 2 rings (SSSR count). The highest BCUT2D eigenvalue weighted by atomic mass is 16.1. The van der Waals surface area contributed by atoms with E-state index in [1.54, 1.807) is 12.1 Å². The van der Waals surface area contributed by atoms with Crippen molar-refractivity contribution in [2.75, 3.05) is 0 Å². The zero-order chi connectivity index (χ0) is 9.26. The number of nitriles is 1. The molecule has 1 aliphatic rings. The third-order valence-electron chi connectivity index (χ3n) is 2.35. The molecule has 0 aromatic heterocycles. The Labute approximate surface area is 76.8 Å². The quantitative estimate of drug-likeness (QED) is 0.639. The molecule has 2 atom stereocenters. The molecule has 2 unspecified atom stereocenters. The van der Waals surface area contributed by atoms with E-state index in [1.165, 1.54) is 0 Å². The van der Waals surface area contributed by atoms with Gasteiger partial charge in [0.2, 0.25) is 0 Å². The Morgan fingerprint density at radius 3 is 2.62 bits per heavy atom. The molecule has 1 aromatic carbocycles. The molecule has 0 N–H and O–H groups in total. The molecule has 13 heavy (non-hydrogen) atoms. The number of benzene rings is 1. The van der Waals surface area contributed by atoms with E-state index in [-0.39, 0.29) is 17.6 Å². The number of rotatable bonds is 2. The van der Waals surface area contributed by atoms with Crippen LogP contribution in [0.2, 0.25) is 0 Å². The van der Waals surface area contributed by atoms with Crippen LogP contribution in [0.4, 0.5) is 0 Å². The lowest BCUT2D eigenvalue weighted by atomic mass is 10.1. The van der Waals surface area contributed by atoms with Crippen LogP contribution in [-0.2, 0) is 0 Å². The Morgan fingerprint density at radius 2 is 2.08 bits per heavy atom. The van der Waals surface area contributed by atoms with E-state index >= 15 is 0 Å². The summed E-state index contributed by atoms with van der Waals surface area (Å²) in [4.78, 5) is 11.6. The largest absolute Gasteiger partial charge is 0.294 e. The average molecular weight is 171 g/mol. The maximum atomic E-state index is 11.6. The molecule has 0 spiro atoms. The van der Waals surface area contributed by atoms with Crippen LogP contribution in [0.25, 0.3) is 0 Å². The van der Waals surface area contributed by atoms with Gasteiger partial charge in [0.05, 0.1) is 12.0 Å². The predicted octanol–water partition coefficient (Wildman–Crippen LogP) is 2.03. The molecule has 0 bridgehead atoms. The summed E-state index contributed by atoms with van der Waals surface area (Å²) in [5.41, 5.74) is 0.727. The van der Waals surface area contributed by atoms with Crippen LogP contribution in [0, 0.1) is 23.2 Å². The summed E-state index contributed by atoms with van der Waals surface area (Å²) >= 11 is 0. The van der Waals surface area contributed by atoms with Gasteiger partial charge in [-0.1, -0.05) is 30.3 Å². The molecular weight excluding hydrogens is 162 g/mol. The van der Waals surface area contributed by atoms with Crippen molar-refractivity contribution < 1.29 is 4.79 Å². The summed E-state index contributed by atoms with van der Waals surface area (Å²) in [7, 11) is 0. The van der Waals surface area contributed by atoms with Gasteiger partial charge in [-0.05, 0) is 6.42 Å². The van der Waals surface area contributed by atoms with Gasteiger partial charge in [-0.15, -0.1) is 0 Å². The fraction of sp³-hybridized carbons (Fsp3) is 0.273. The first-order chi connectivity index (χ1) is 6.33. The minimum absolute atomic E-state index is 0.0345. The number of hydrogen-bond donors (Lipinski definition) is 0. The summed E-state index contributed by atoms with van der Waals surface area (Å²) in [6, 6.07) is 11.3. The fourth-order valence-corrected chi connectivity index (χ4v) is 1.44. The number of carbonyl (C=O) groups is 1. The summed E-state index contributed by atoms with van der Waals surface area (Å²) in [5.74, 6) is 0.0484. The fourth-order valence-electron chi connectivity index (χ4n) is 1.44. The lowest BCUT2D eigenvalue weighted by molar-refractivity contribution is 0.0964. The number of hydrogen-bond acceptors (Lipinski definition) is 2. The van der Waals surface area contributed by atoms with Gasteiger partial charge in [-0.2, -0.15) is 5.26 Å². The molecule has 1 aromatic rings. The lowest BCUT2D eigenvalue weighted by Crippen LogP contribution is -2.02. The van der Waals surface area contributed by atoms with Crippen LogP contribution >= 0.6 is 0 Å². The average Bonchev–Trinajstić information content (AvgIpc) is 2.97. The Bertz CT molecular complexity index is 363. The second kappa shape index (κ2) is 3.02. The molecule has 2 nitrogen and oxygen atoms in total. The van der Waals surface area contributed by atoms with Crippen molar-refractivity contribution in [3.05, 3.63) is 35.9 Å². The second-order valence-electron chi connectivity index (χ2n) is 3.31. The maximum absolute atomic E-state index is 11.6. The molecule has 0 radical (unpaired) electrons. The Hall–Kier alpha value is -1.62. The zero-order valence-electron chi connectivity index (χ0n) is 7.10. The van der Waals surface area contributed by atoms with Gasteiger partial charge in [0, 0.05) is 11.5 Å². The van der Waals surface area contributed by atoms with Gasteiger partial charge < -0.3 is 0 Å². The minimum Gasteiger partial charge on any atom is -0.294 e. The number of nitrogens with zero attached hydrogens (tertiary/aromatic N) is 1. The van der Waals surface area contributed by atoms with E-state index < -0.39 is 0 Å². The van der Waals surface area contributed by atoms with E-state index in [4.69, 9.17) is 5.26 Å². The molecular formula is C11H9NO. The first-order valence-corrected chi connectivity index (χ1v) is 4.32. The number of carbonyl (C=O) groups excluding carboxylic acids is 1. The maximum Gasteiger partial charge on any atom is 0.167 e. The second-order valence-corrected chi connectivity index (χ2v) is 3.31. The van der Waals surface area contributed by atoms with Gasteiger partial charge in [0.25, 0.3) is 0 Å². The number of Topliss-reactive ketones (excluding diaryl/α,β-unsaturated/α-hetero) is 1. The van der Waals surface area contributed by atoms with Crippen molar-refractivity contribution >= 4 is 5.78 Å². The van der Waals surface area contributed by atoms with Gasteiger partial charge in [-0.25, -0.2) is 0 Å². The van der Waals surface area contributed by atoms with E-state index in [0.717, 1.165) is 12.0 Å². The number of ketones is 1. The Balaban J connectivity index is 2.13. The SMILES string of the molecule is N#CC1CC1C(=O)c1ccccc1. The standard InChI is InChI=1S/C11H9NO/c12-7-9-6-10(9)11(13)8-4-2-1-3-5-8/h1-5,9-10H,6H2. The van der Waals surface area contributed by atoms with Crippen molar-refractivity contribution in [1.29, 1.82) is 5.26 Å². The Morgan fingerprint density at radius 1 is 1.38 bits per heavy atom. The van der Waals surface area contributed by atoms with Gasteiger partial charge >= 0.3 is 0 Å². The highest BCUT2D eigenvalue weighted by molar-refractivity contribution is 5.99. The van der Waals surface area contributed by atoms with Crippen LogP contribution in [-0.4, -0.2) is 5.78 Å². The molecule has 1 aliphatic carbocycles. The van der Waals surface area contributed by atoms with Crippen LogP contribution in [0.5, 0.6) is 0 Å². The van der Waals surface area contributed by atoms with E-state index in [2.05, 4.69) is 6.07 Å². The summed E-state index contributed by atoms with van der Waals surface area (Å²) in [5, 5.41) is 8.57. The van der Waals surface area contributed by atoms with Crippen LogP contribution in [0.15, 0.2) is 30.3 Å². The lowest BCUT2D eigenvalue weighted by Gasteiger charge is -1.96. The molecule has 0 aliphatic heterocycles. The first kappa shape index (κ1) is 8.00. The van der Waals surface area contributed by atoms with Crippen molar-refractivity contribution in [2.24, 2.45) is 11.8 Å².